The van der Waals surface area contributed by atoms with Crippen molar-refractivity contribution < 1.29 is 18.4 Å². The number of halogens is 1. The van der Waals surface area contributed by atoms with Crippen molar-refractivity contribution in [3.63, 3.8) is 0 Å². The van der Waals surface area contributed by atoms with Crippen LogP contribution in [0.2, 0.25) is 0 Å². The zero-order valence-corrected chi connectivity index (χ0v) is 16.1. The normalized spacial score (nSPS) is 12.3. The minimum Gasteiger partial charge on any atom is -0.465 e. The minimum absolute atomic E-state index is 0.0437. The third-order valence-corrected chi connectivity index (χ3v) is 4.43. The van der Waals surface area contributed by atoms with Gasteiger partial charge in [-0.2, -0.15) is 0 Å². The average Bonchev–Trinajstić information content (AvgIpc) is 3.21. The molecule has 3 aromatic rings. The maximum Gasteiger partial charge on any atom is 0.268 e. The van der Waals surface area contributed by atoms with E-state index in [2.05, 4.69) is 10.6 Å². The first-order valence-corrected chi connectivity index (χ1v) is 9.12. The molecule has 0 aliphatic heterocycles. The fraction of sp³-hybridized carbons (Fsp3) is 0.130. The van der Waals surface area contributed by atoms with Gasteiger partial charge in [-0.25, -0.2) is 4.39 Å². The van der Waals surface area contributed by atoms with Crippen LogP contribution in [0.5, 0.6) is 0 Å². The summed E-state index contributed by atoms with van der Waals surface area (Å²) in [5.74, 6) is -0.809. The van der Waals surface area contributed by atoms with Gasteiger partial charge in [0.05, 0.1) is 12.3 Å². The van der Waals surface area contributed by atoms with Gasteiger partial charge >= 0.3 is 0 Å². The Morgan fingerprint density at radius 2 is 1.76 bits per heavy atom. The third-order valence-electron chi connectivity index (χ3n) is 4.43. The summed E-state index contributed by atoms with van der Waals surface area (Å²) in [4.78, 5) is 25.6. The molecular weight excluding hydrogens is 371 g/mol. The highest BCUT2D eigenvalue weighted by Crippen LogP contribution is 2.15. The van der Waals surface area contributed by atoms with E-state index in [0.29, 0.717) is 11.3 Å². The molecule has 6 heteroatoms. The Hall–Kier alpha value is -3.67. The van der Waals surface area contributed by atoms with E-state index >= 15 is 0 Å². The van der Waals surface area contributed by atoms with Crippen molar-refractivity contribution in [1.82, 2.24) is 10.6 Å². The lowest BCUT2D eigenvalue weighted by Crippen LogP contribution is -2.36. The topological polar surface area (TPSA) is 71.3 Å². The molecule has 0 saturated carbocycles. The van der Waals surface area contributed by atoms with Crippen LogP contribution in [0, 0.1) is 12.7 Å². The molecule has 2 aromatic carbocycles. The van der Waals surface area contributed by atoms with Gasteiger partial charge in [0.2, 0.25) is 0 Å². The molecule has 0 aliphatic rings. The van der Waals surface area contributed by atoms with Crippen molar-refractivity contribution in [3.8, 4) is 0 Å². The Bertz CT molecular complexity index is 1020. The van der Waals surface area contributed by atoms with Crippen LogP contribution in [0.4, 0.5) is 4.39 Å². The fourth-order valence-corrected chi connectivity index (χ4v) is 2.80. The van der Waals surface area contributed by atoms with E-state index in [0.717, 1.165) is 11.1 Å². The van der Waals surface area contributed by atoms with Crippen molar-refractivity contribution in [2.75, 3.05) is 0 Å². The number of carbonyl (C=O) groups excluding carboxylic acids is 2. The Morgan fingerprint density at radius 1 is 1.03 bits per heavy atom. The molecule has 2 amide bonds. The molecule has 1 aromatic heterocycles. The van der Waals surface area contributed by atoms with Crippen molar-refractivity contribution in [3.05, 3.63) is 101 Å². The summed E-state index contributed by atoms with van der Waals surface area (Å²) in [6, 6.07) is 15.9. The number of hydrogen-bond donors (Lipinski definition) is 2. The minimum atomic E-state index is -0.486. The second-order valence-corrected chi connectivity index (χ2v) is 6.59. The number of rotatable bonds is 6. The monoisotopic (exact) mass is 392 g/mol. The molecule has 148 valence electrons. The number of carbonyl (C=O) groups is 2. The average molecular weight is 392 g/mol. The predicted molar refractivity (Wildman–Crippen MR) is 108 cm³/mol. The van der Waals surface area contributed by atoms with E-state index in [1.54, 1.807) is 43.3 Å². The lowest BCUT2D eigenvalue weighted by molar-refractivity contribution is -0.118. The molecule has 2 N–H and O–H groups in total. The first kappa shape index (κ1) is 20.1. The van der Waals surface area contributed by atoms with Gasteiger partial charge in [0, 0.05) is 11.6 Å². The van der Waals surface area contributed by atoms with Crippen molar-refractivity contribution in [1.29, 1.82) is 0 Å². The maximum atomic E-state index is 13.1. The Balaban J connectivity index is 1.81. The van der Waals surface area contributed by atoms with Crippen molar-refractivity contribution in [2.24, 2.45) is 0 Å². The second-order valence-electron chi connectivity index (χ2n) is 6.59. The SMILES string of the molecule is Cc1ccccc1C(=O)N/C(=C\c1ccco1)C(=O)N[C@H](C)c1ccc(F)cc1. The fourth-order valence-electron chi connectivity index (χ4n) is 2.80. The van der Waals surface area contributed by atoms with Gasteiger partial charge < -0.3 is 15.1 Å². The quantitative estimate of drug-likeness (QED) is 0.612. The van der Waals surface area contributed by atoms with E-state index < -0.39 is 17.9 Å². The largest absolute Gasteiger partial charge is 0.465 e. The molecule has 0 spiro atoms. The van der Waals surface area contributed by atoms with Crippen LogP contribution in [0.15, 0.2) is 77.0 Å². The van der Waals surface area contributed by atoms with E-state index in [1.165, 1.54) is 24.5 Å². The van der Waals surface area contributed by atoms with E-state index in [1.807, 2.05) is 19.1 Å². The highest BCUT2D eigenvalue weighted by atomic mass is 19.1. The molecule has 1 atom stereocenters. The van der Waals surface area contributed by atoms with Gasteiger partial charge in [0.15, 0.2) is 0 Å². The molecule has 1 heterocycles. The highest BCUT2D eigenvalue weighted by Gasteiger charge is 2.18. The number of hydrogen-bond acceptors (Lipinski definition) is 3. The van der Waals surface area contributed by atoms with Crippen LogP contribution >= 0.6 is 0 Å². The molecule has 0 saturated heterocycles. The summed E-state index contributed by atoms with van der Waals surface area (Å²) in [5.41, 5.74) is 2.05. The van der Waals surface area contributed by atoms with Gasteiger partial charge in [-0.05, 0) is 55.3 Å². The lowest BCUT2D eigenvalue weighted by Gasteiger charge is -2.17. The van der Waals surface area contributed by atoms with Crippen LogP contribution in [-0.4, -0.2) is 11.8 Å². The van der Waals surface area contributed by atoms with Crippen LogP contribution < -0.4 is 10.6 Å². The molecule has 5 nitrogen and oxygen atoms in total. The molecule has 0 fully saturated rings. The molecule has 3 rings (SSSR count). The molecular formula is C23H21FN2O3. The van der Waals surface area contributed by atoms with Gasteiger partial charge in [0.1, 0.15) is 17.3 Å². The standard InChI is InChI=1S/C23H21FN2O3/c1-15-6-3-4-8-20(15)22(27)26-21(14-19-7-5-13-29-19)23(28)25-16(2)17-9-11-18(24)12-10-17/h3-14,16H,1-2H3,(H,25,28)(H,26,27)/b21-14-/t16-/m1/s1. The molecule has 0 radical (unpaired) electrons. The Morgan fingerprint density at radius 3 is 2.41 bits per heavy atom. The van der Waals surface area contributed by atoms with Gasteiger partial charge in [-0.3, -0.25) is 9.59 Å². The summed E-state index contributed by atoms with van der Waals surface area (Å²) in [6.45, 7) is 3.60. The zero-order valence-electron chi connectivity index (χ0n) is 16.1. The van der Waals surface area contributed by atoms with Crippen molar-refractivity contribution >= 4 is 17.9 Å². The first-order chi connectivity index (χ1) is 13.9. The van der Waals surface area contributed by atoms with Crippen LogP contribution in [-0.2, 0) is 4.79 Å². The first-order valence-electron chi connectivity index (χ1n) is 9.12. The lowest BCUT2D eigenvalue weighted by atomic mass is 10.1. The Kier molecular flexibility index (Phi) is 6.24. The van der Waals surface area contributed by atoms with Gasteiger partial charge in [-0.1, -0.05) is 30.3 Å². The number of benzene rings is 2. The smallest absolute Gasteiger partial charge is 0.268 e. The van der Waals surface area contributed by atoms with Crippen molar-refractivity contribution in [2.45, 2.75) is 19.9 Å². The second kappa shape index (κ2) is 9.01. The maximum absolute atomic E-state index is 13.1. The third kappa shape index (κ3) is 5.19. The highest BCUT2D eigenvalue weighted by molar-refractivity contribution is 6.05. The number of aryl methyl sites for hydroxylation is 1. The number of nitrogens with one attached hydrogen (secondary N) is 2. The van der Waals surface area contributed by atoms with E-state index in [4.69, 9.17) is 4.42 Å². The van der Waals surface area contributed by atoms with E-state index in [-0.39, 0.29) is 11.5 Å². The summed E-state index contributed by atoms with van der Waals surface area (Å²) in [5, 5.41) is 5.48. The number of amides is 2. The number of furan rings is 1. The summed E-state index contributed by atoms with van der Waals surface area (Å²) < 4.78 is 18.4. The van der Waals surface area contributed by atoms with Crippen LogP contribution in [0.25, 0.3) is 6.08 Å². The van der Waals surface area contributed by atoms with Crippen LogP contribution in [0.3, 0.4) is 0 Å². The summed E-state index contributed by atoms with van der Waals surface area (Å²) in [6.07, 6.45) is 2.94. The molecule has 0 aliphatic carbocycles. The predicted octanol–water partition coefficient (Wildman–Crippen LogP) is 4.38. The van der Waals surface area contributed by atoms with Gasteiger partial charge in [-0.15, -0.1) is 0 Å². The molecule has 0 unspecified atom stereocenters. The molecule has 0 bridgehead atoms. The van der Waals surface area contributed by atoms with Crippen LogP contribution in [0.1, 0.15) is 40.2 Å². The Labute approximate surface area is 168 Å². The molecule has 29 heavy (non-hydrogen) atoms. The van der Waals surface area contributed by atoms with E-state index in [9.17, 15) is 14.0 Å². The zero-order chi connectivity index (χ0) is 20.8. The summed E-state index contributed by atoms with van der Waals surface area (Å²) >= 11 is 0. The summed E-state index contributed by atoms with van der Waals surface area (Å²) in [7, 11) is 0. The van der Waals surface area contributed by atoms with Gasteiger partial charge in [0.25, 0.3) is 11.8 Å².